The molecule has 0 heterocycles. The molecule has 0 aromatic heterocycles. The number of alkyl halides is 4. The van der Waals surface area contributed by atoms with E-state index in [1.807, 2.05) is 0 Å². The van der Waals surface area contributed by atoms with Gasteiger partial charge in [-0.15, -0.1) is 13.2 Å². The molecule has 15 heavy (non-hydrogen) atoms. The van der Waals surface area contributed by atoms with E-state index in [4.69, 9.17) is 5.73 Å². The van der Waals surface area contributed by atoms with Gasteiger partial charge in [-0.3, -0.25) is 0 Å². The molecule has 0 amide bonds. The van der Waals surface area contributed by atoms with E-state index in [1.165, 1.54) is 0 Å². The molecule has 0 aliphatic carbocycles. The number of ether oxygens (including phenoxy) is 1. The zero-order valence-electron chi connectivity index (χ0n) is 7.24. The molecule has 84 valence electrons. The second-order valence-corrected chi connectivity index (χ2v) is 4.03. The summed E-state index contributed by atoms with van der Waals surface area (Å²) in [6, 6.07) is 2.67. The zero-order valence-corrected chi connectivity index (χ0v) is 10.4. The van der Waals surface area contributed by atoms with Crippen LogP contribution in [0, 0.1) is 0 Å². The van der Waals surface area contributed by atoms with Crippen molar-refractivity contribution in [3.8, 4) is 5.75 Å². The molecule has 0 atom stereocenters. The van der Waals surface area contributed by atoms with Gasteiger partial charge in [-0.05, 0) is 27.6 Å². The predicted octanol–water partition coefficient (Wildman–Crippen LogP) is 3.82. The maximum absolute atomic E-state index is 12.0. The van der Waals surface area contributed by atoms with E-state index in [-0.39, 0.29) is 15.9 Å². The average Bonchev–Trinajstić information content (AvgIpc) is 2.08. The van der Waals surface area contributed by atoms with E-state index >= 15 is 0 Å². The van der Waals surface area contributed by atoms with Crippen molar-refractivity contribution < 1.29 is 17.9 Å². The van der Waals surface area contributed by atoms with Gasteiger partial charge in [0.05, 0.1) is 4.47 Å². The van der Waals surface area contributed by atoms with Gasteiger partial charge in [-0.1, -0.05) is 15.9 Å². The van der Waals surface area contributed by atoms with Gasteiger partial charge in [-0.25, -0.2) is 0 Å². The number of rotatable bonds is 2. The van der Waals surface area contributed by atoms with Crippen LogP contribution >= 0.6 is 31.9 Å². The van der Waals surface area contributed by atoms with E-state index < -0.39 is 6.36 Å². The summed E-state index contributed by atoms with van der Waals surface area (Å²) < 4.78 is 40.0. The van der Waals surface area contributed by atoms with E-state index in [0.717, 1.165) is 6.07 Å². The van der Waals surface area contributed by atoms with Crippen molar-refractivity contribution in [2.75, 3.05) is 5.73 Å². The first-order valence-corrected chi connectivity index (χ1v) is 5.64. The second-order valence-electron chi connectivity index (χ2n) is 2.67. The summed E-state index contributed by atoms with van der Waals surface area (Å²) in [6.45, 7) is 0. The van der Waals surface area contributed by atoms with Gasteiger partial charge >= 0.3 is 6.36 Å². The van der Waals surface area contributed by atoms with Crippen molar-refractivity contribution in [2.24, 2.45) is 0 Å². The van der Waals surface area contributed by atoms with Crippen LogP contribution in [0.15, 0.2) is 16.6 Å². The fourth-order valence-corrected chi connectivity index (χ4v) is 2.24. The van der Waals surface area contributed by atoms with Crippen LogP contribution in [0.5, 0.6) is 5.75 Å². The smallest absolute Gasteiger partial charge is 0.404 e. The van der Waals surface area contributed by atoms with Crippen molar-refractivity contribution >= 4 is 37.5 Å². The minimum Gasteiger partial charge on any atom is -0.404 e. The molecule has 1 rings (SSSR count). The van der Waals surface area contributed by atoms with Crippen LogP contribution in [0.2, 0.25) is 0 Å². The van der Waals surface area contributed by atoms with Crippen molar-refractivity contribution in [3.63, 3.8) is 0 Å². The maximum Gasteiger partial charge on any atom is 0.573 e. The molecule has 0 spiro atoms. The van der Waals surface area contributed by atoms with E-state index in [9.17, 15) is 13.2 Å². The number of nitrogens with two attached hydrogens (primary N) is 1. The number of hydrogen-bond donors (Lipinski definition) is 1. The average molecular weight is 349 g/mol. The van der Waals surface area contributed by atoms with E-state index in [2.05, 4.69) is 36.6 Å². The van der Waals surface area contributed by atoms with Crippen LogP contribution in [0.4, 0.5) is 18.9 Å². The maximum atomic E-state index is 12.0. The Morgan fingerprint density at radius 2 is 1.93 bits per heavy atom. The van der Waals surface area contributed by atoms with Crippen LogP contribution in [-0.2, 0) is 5.33 Å². The van der Waals surface area contributed by atoms with Crippen LogP contribution < -0.4 is 10.5 Å². The normalized spacial score (nSPS) is 11.5. The van der Waals surface area contributed by atoms with Gasteiger partial charge in [0.25, 0.3) is 0 Å². The number of nitrogen functional groups attached to an aromatic ring is 1. The first-order chi connectivity index (χ1) is 6.83. The molecule has 2 N–H and O–H groups in total. The molecule has 7 heteroatoms. The summed E-state index contributed by atoms with van der Waals surface area (Å²) in [5.41, 5.74) is 6.24. The van der Waals surface area contributed by atoms with Crippen molar-refractivity contribution in [1.29, 1.82) is 0 Å². The third-order valence-electron chi connectivity index (χ3n) is 1.51. The van der Waals surface area contributed by atoms with Gasteiger partial charge in [0.1, 0.15) is 5.75 Å². The SMILES string of the molecule is Nc1cc(CBr)c(Br)c(OC(F)(F)F)c1. The molecule has 0 radical (unpaired) electrons. The molecule has 0 saturated carbocycles. The monoisotopic (exact) mass is 347 g/mol. The van der Waals surface area contributed by atoms with Crippen LogP contribution in [0.25, 0.3) is 0 Å². The van der Waals surface area contributed by atoms with Gasteiger partial charge in [0.2, 0.25) is 0 Å². The first-order valence-electron chi connectivity index (χ1n) is 3.73. The number of halogens is 5. The lowest BCUT2D eigenvalue weighted by Gasteiger charge is -2.13. The molecule has 0 unspecified atom stereocenters. The molecule has 0 aliphatic heterocycles. The quantitative estimate of drug-likeness (QED) is 0.651. The summed E-state index contributed by atoms with van der Waals surface area (Å²) in [4.78, 5) is 0. The molecule has 0 bridgehead atoms. The molecule has 0 aliphatic rings. The lowest BCUT2D eigenvalue weighted by Crippen LogP contribution is -2.17. The third-order valence-corrected chi connectivity index (χ3v) is 3.01. The van der Waals surface area contributed by atoms with E-state index in [1.54, 1.807) is 6.07 Å². The standard InChI is InChI=1S/C8H6Br2F3NO/c9-3-4-1-5(14)2-6(7(4)10)15-8(11,12)13/h1-2H,3,14H2. The summed E-state index contributed by atoms with van der Waals surface area (Å²) >= 11 is 6.15. The Kier molecular flexibility index (Phi) is 3.88. The zero-order chi connectivity index (χ0) is 11.6. The fourth-order valence-electron chi connectivity index (χ4n) is 0.975. The molecule has 2 nitrogen and oxygen atoms in total. The Bertz CT molecular complexity index is 368. The summed E-state index contributed by atoms with van der Waals surface area (Å²) in [5, 5.41) is 0.382. The summed E-state index contributed by atoms with van der Waals surface area (Å²) in [7, 11) is 0. The molecule has 1 aromatic rings. The fraction of sp³-hybridized carbons (Fsp3) is 0.250. The number of benzene rings is 1. The lowest BCUT2D eigenvalue weighted by atomic mass is 10.2. The van der Waals surface area contributed by atoms with Crippen LogP contribution in [0.1, 0.15) is 5.56 Å². The molecule has 0 saturated heterocycles. The predicted molar refractivity (Wildman–Crippen MR) is 57.9 cm³/mol. The van der Waals surface area contributed by atoms with Crippen molar-refractivity contribution in [3.05, 3.63) is 22.2 Å². The second kappa shape index (κ2) is 4.61. The third kappa shape index (κ3) is 3.57. The Balaban J connectivity index is 3.12. The van der Waals surface area contributed by atoms with Gasteiger partial charge in [0, 0.05) is 17.1 Å². The topological polar surface area (TPSA) is 35.2 Å². The van der Waals surface area contributed by atoms with E-state index in [0.29, 0.717) is 10.9 Å². The van der Waals surface area contributed by atoms with Crippen molar-refractivity contribution in [2.45, 2.75) is 11.7 Å². The Hall–Kier alpha value is -0.430. The highest BCUT2D eigenvalue weighted by Gasteiger charge is 2.32. The molecular weight excluding hydrogens is 343 g/mol. The Labute approximate surface area is 101 Å². The molecule has 0 fully saturated rings. The largest absolute Gasteiger partial charge is 0.573 e. The highest BCUT2D eigenvalue weighted by molar-refractivity contribution is 9.11. The van der Waals surface area contributed by atoms with Crippen molar-refractivity contribution in [1.82, 2.24) is 0 Å². The molecule has 1 aromatic carbocycles. The molecular formula is C8H6Br2F3NO. The van der Waals surface area contributed by atoms with Gasteiger partial charge in [-0.2, -0.15) is 0 Å². The minimum absolute atomic E-state index is 0.215. The lowest BCUT2D eigenvalue weighted by molar-refractivity contribution is -0.274. The first kappa shape index (κ1) is 12.6. The Morgan fingerprint density at radius 3 is 2.40 bits per heavy atom. The van der Waals surface area contributed by atoms with Crippen LogP contribution in [0.3, 0.4) is 0 Å². The van der Waals surface area contributed by atoms with Gasteiger partial charge in [0.15, 0.2) is 0 Å². The summed E-state index contributed by atoms with van der Waals surface area (Å²) in [6.07, 6.45) is -4.72. The minimum atomic E-state index is -4.72. The number of anilines is 1. The highest BCUT2D eigenvalue weighted by Crippen LogP contribution is 2.35. The van der Waals surface area contributed by atoms with Gasteiger partial charge < -0.3 is 10.5 Å². The summed E-state index contributed by atoms with van der Waals surface area (Å²) in [5.74, 6) is -0.336. The number of hydrogen-bond acceptors (Lipinski definition) is 2. The highest BCUT2D eigenvalue weighted by atomic mass is 79.9. The Morgan fingerprint density at radius 1 is 1.33 bits per heavy atom. The van der Waals surface area contributed by atoms with Crippen LogP contribution in [-0.4, -0.2) is 6.36 Å².